The predicted octanol–water partition coefficient (Wildman–Crippen LogP) is 4.22. The van der Waals surface area contributed by atoms with Crippen LogP contribution in [0.5, 0.6) is 0 Å². The molecule has 2 amide bonds. The highest BCUT2D eigenvalue weighted by Crippen LogP contribution is 2.32. The summed E-state index contributed by atoms with van der Waals surface area (Å²) >= 11 is 3.16. The van der Waals surface area contributed by atoms with Crippen molar-refractivity contribution in [3.05, 3.63) is 50.6 Å². The van der Waals surface area contributed by atoms with Crippen LogP contribution in [0.4, 0.5) is 4.79 Å². The highest BCUT2D eigenvalue weighted by molar-refractivity contribution is 14.1. The number of rotatable bonds is 2. The summed E-state index contributed by atoms with van der Waals surface area (Å²) in [6.07, 6.45) is 1.60. The molecule has 0 atom stereocenters. The normalized spacial score (nSPS) is 17.0. The summed E-state index contributed by atoms with van der Waals surface area (Å²) in [5, 5.41) is -0.268. The molecule has 21 heavy (non-hydrogen) atoms. The summed E-state index contributed by atoms with van der Waals surface area (Å²) in [5.41, 5.74) is 0.971. The largest absolute Gasteiger partial charge is 0.457 e. The van der Waals surface area contributed by atoms with Crippen LogP contribution in [0.3, 0.4) is 0 Å². The first-order valence-corrected chi connectivity index (χ1v) is 8.01. The lowest BCUT2D eigenvalue weighted by molar-refractivity contribution is -0.121. The number of carbonyl (C=O) groups excluding carboxylic acids is 2. The first-order chi connectivity index (χ1) is 10.0. The van der Waals surface area contributed by atoms with E-state index in [0.29, 0.717) is 10.7 Å². The van der Waals surface area contributed by atoms with Crippen LogP contribution in [0.2, 0.25) is 0 Å². The number of amides is 2. The van der Waals surface area contributed by atoms with E-state index in [4.69, 9.17) is 4.42 Å². The molecule has 4 nitrogen and oxygen atoms in total. The van der Waals surface area contributed by atoms with Crippen molar-refractivity contribution < 1.29 is 14.0 Å². The smallest absolute Gasteiger partial charge is 0.293 e. The first-order valence-electron chi connectivity index (χ1n) is 6.12. The minimum atomic E-state index is -0.294. The fourth-order valence-electron chi connectivity index (χ4n) is 1.87. The van der Waals surface area contributed by atoms with E-state index in [2.05, 4.69) is 22.6 Å². The third-order valence-electron chi connectivity index (χ3n) is 3.02. The maximum atomic E-state index is 11.8. The average Bonchev–Trinajstić information content (AvgIpc) is 3.02. The summed E-state index contributed by atoms with van der Waals surface area (Å²) < 4.78 is 6.87. The maximum Gasteiger partial charge on any atom is 0.293 e. The Kier molecular flexibility index (Phi) is 3.90. The highest BCUT2D eigenvalue weighted by atomic mass is 127. The van der Waals surface area contributed by atoms with Crippen molar-refractivity contribution in [2.75, 3.05) is 7.05 Å². The minimum absolute atomic E-state index is 0.268. The molecule has 1 aliphatic heterocycles. The van der Waals surface area contributed by atoms with Crippen molar-refractivity contribution in [2.45, 2.75) is 0 Å². The third kappa shape index (κ3) is 2.91. The molecule has 0 unspecified atom stereocenters. The Morgan fingerprint density at radius 1 is 1.14 bits per heavy atom. The number of furan rings is 1. The Bertz CT molecular complexity index is 749. The van der Waals surface area contributed by atoms with Gasteiger partial charge in [0.25, 0.3) is 11.1 Å². The van der Waals surface area contributed by atoms with Gasteiger partial charge in [-0.25, -0.2) is 0 Å². The number of thioether (sulfide) groups is 1. The van der Waals surface area contributed by atoms with Crippen molar-refractivity contribution in [3.8, 4) is 11.3 Å². The SMILES string of the molecule is CN1C(=O)S/C(=C\c2ccc(-c3ccc(I)cc3)o2)C1=O. The summed E-state index contributed by atoms with van der Waals surface area (Å²) in [5.74, 6) is 0.994. The van der Waals surface area contributed by atoms with E-state index in [-0.39, 0.29) is 11.1 Å². The van der Waals surface area contributed by atoms with Gasteiger partial charge in [-0.3, -0.25) is 14.5 Å². The number of carbonyl (C=O) groups is 2. The number of nitrogens with zero attached hydrogens (tertiary/aromatic N) is 1. The molecule has 1 aliphatic rings. The molecule has 6 heteroatoms. The van der Waals surface area contributed by atoms with E-state index in [1.54, 1.807) is 12.1 Å². The summed E-state index contributed by atoms with van der Waals surface area (Å²) in [4.78, 5) is 24.7. The first kappa shape index (κ1) is 14.4. The predicted molar refractivity (Wildman–Crippen MR) is 90.6 cm³/mol. The zero-order valence-corrected chi connectivity index (χ0v) is 14.0. The Morgan fingerprint density at radius 2 is 1.86 bits per heavy atom. The molecule has 0 aliphatic carbocycles. The molecule has 3 rings (SSSR count). The van der Waals surface area contributed by atoms with Gasteiger partial charge < -0.3 is 4.42 Å². The van der Waals surface area contributed by atoms with E-state index >= 15 is 0 Å². The fraction of sp³-hybridized carbons (Fsp3) is 0.0667. The molecule has 1 saturated heterocycles. The standard InChI is InChI=1S/C15H10INO3S/c1-17-14(18)13(21-15(17)19)8-11-6-7-12(20-11)9-2-4-10(16)5-3-9/h2-8H,1H3/b13-8-. The zero-order valence-electron chi connectivity index (χ0n) is 11.0. The molecular weight excluding hydrogens is 401 g/mol. The van der Waals surface area contributed by atoms with E-state index in [1.807, 2.05) is 30.3 Å². The van der Waals surface area contributed by atoms with Gasteiger partial charge in [0, 0.05) is 22.3 Å². The molecule has 1 aromatic heterocycles. The van der Waals surface area contributed by atoms with Gasteiger partial charge in [-0.05, 0) is 58.6 Å². The van der Waals surface area contributed by atoms with Crippen LogP contribution in [0, 0.1) is 3.57 Å². The van der Waals surface area contributed by atoms with Crippen LogP contribution in [0.1, 0.15) is 5.76 Å². The van der Waals surface area contributed by atoms with Crippen LogP contribution in [0.25, 0.3) is 17.4 Å². The molecule has 0 spiro atoms. The van der Waals surface area contributed by atoms with Crippen molar-refractivity contribution in [1.82, 2.24) is 4.90 Å². The number of likely N-dealkylation sites (N-methyl/N-ethyl adjacent to an activating group) is 1. The zero-order chi connectivity index (χ0) is 15.0. The van der Waals surface area contributed by atoms with Crippen molar-refractivity contribution in [1.29, 1.82) is 0 Å². The Hall–Kier alpha value is -1.54. The lowest BCUT2D eigenvalue weighted by atomic mass is 10.2. The topological polar surface area (TPSA) is 50.5 Å². The monoisotopic (exact) mass is 411 g/mol. The number of hydrogen-bond acceptors (Lipinski definition) is 4. The van der Waals surface area contributed by atoms with Gasteiger partial charge in [-0.15, -0.1) is 0 Å². The van der Waals surface area contributed by atoms with Gasteiger partial charge in [0.15, 0.2) is 0 Å². The maximum absolute atomic E-state index is 11.8. The number of benzene rings is 1. The van der Waals surface area contributed by atoms with Gasteiger partial charge in [0.2, 0.25) is 0 Å². The minimum Gasteiger partial charge on any atom is -0.457 e. The molecule has 1 aromatic carbocycles. The van der Waals surface area contributed by atoms with Crippen LogP contribution >= 0.6 is 34.4 Å². The molecule has 0 saturated carbocycles. The lowest BCUT2D eigenvalue weighted by Gasteiger charge is -2.00. The summed E-state index contributed by atoms with van der Waals surface area (Å²) in [6.45, 7) is 0. The Balaban J connectivity index is 1.87. The third-order valence-corrected chi connectivity index (χ3v) is 4.70. The van der Waals surface area contributed by atoms with E-state index in [0.717, 1.165) is 31.6 Å². The van der Waals surface area contributed by atoms with Gasteiger partial charge in [0.05, 0.1) is 4.91 Å². The second kappa shape index (κ2) is 5.69. The van der Waals surface area contributed by atoms with Gasteiger partial charge in [0.1, 0.15) is 11.5 Å². The van der Waals surface area contributed by atoms with E-state index in [9.17, 15) is 9.59 Å². The molecule has 1 fully saturated rings. The van der Waals surface area contributed by atoms with Crippen molar-refractivity contribution >= 4 is 51.6 Å². The van der Waals surface area contributed by atoms with Crippen LogP contribution < -0.4 is 0 Å². The van der Waals surface area contributed by atoms with Crippen molar-refractivity contribution in [2.24, 2.45) is 0 Å². The highest BCUT2D eigenvalue weighted by Gasteiger charge is 2.32. The molecule has 2 heterocycles. The summed E-state index contributed by atoms with van der Waals surface area (Å²) in [6, 6.07) is 11.6. The van der Waals surface area contributed by atoms with E-state index in [1.165, 1.54) is 7.05 Å². The lowest BCUT2D eigenvalue weighted by Crippen LogP contribution is -2.22. The van der Waals surface area contributed by atoms with Crippen LogP contribution in [-0.2, 0) is 4.79 Å². The molecule has 106 valence electrons. The molecule has 0 bridgehead atoms. The van der Waals surface area contributed by atoms with Gasteiger partial charge >= 0.3 is 0 Å². The van der Waals surface area contributed by atoms with Crippen LogP contribution in [-0.4, -0.2) is 23.1 Å². The second-order valence-corrected chi connectivity index (χ2v) is 6.69. The van der Waals surface area contributed by atoms with Gasteiger partial charge in [-0.1, -0.05) is 12.1 Å². The number of imide groups is 1. The average molecular weight is 411 g/mol. The quantitative estimate of drug-likeness (QED) is 0.549. The molecule has 2 aromatic rings. The van der Waals surface area contributed by atoms with Crippen molar-refractivity contribution in [3.63, 3.8) is 0 Å². The van der Waals surface area contributed by atoms with E-state index < -0.39 is 0 Å². The Labute approximate surface area is 139 Å². The second-order valence-electron chi connectivity index (χ2n) is 4.45. The Morgan fingerprint density at radius 3 is 2.48 bits per heavy atom. The van der Waals surface area contributed by atoms with Gasteiger partial charge in [-0.2, -0.15) is 0 Å². The fourth-order valence-corrected chi connectivity index (χ4v) is 3.04. The summed E-state index contributed by atoms with van der Waals surface area (Å²) in [7, 11) is 1.47. The van der Waals surface area contributed by atoms with Crippen LogP contribution in [0.15, 0.2) is 45.7 Å². The molecular formula is C15H10INO3S. The number of hydrogen-bond donors (Lipinski definition) is 0. The molecule has 0 N–H and O–H groups in total. The molecule has 0 radical (unpaired) electrons. The number of halogens is 1.